The normalized spacial score (nSPS) is 17.1. The fraction of sp³-hybridized carbons (Fsp3) is 0.441. The first kappa shape index (κ1) is 34.4. The van der Waals surface area contributed by atoms with E-state index < -0.39 is 29.7 Å². The van der Waals surface area contributed by atoms with E-state index >= 15 is 4.39 Å². The molecule has 13 nitrogen and oxygen atoms in total. The summed E-state index contributed by atoms with van der Waals surface area (Å²) in [7, 11) is 3.28. The lowest BCUT2D eigenvalue weighted by molar-refractivity contribution is -0.142. The van der Waals surface area contributed by atoms with Crippen molar-refractivity contribution in [1.82, 2.24) is 20.2 Å². The molecule has 1 unspecified atom stereocenters. The van der Waals surface area contributed by atoms with Gasteiger partial charge < -0.3 is 40.1 Å². The van der Waals surface area contributed by atoms with Crippen molar-refractivity contribution >= 4 is 40.9 Å². The van der Waals surface area contributed by atoms with E-state index in [1.807, 2.05) is 18.2 Å². The first-order valence-corrected chi connectivity index (χ1v) is 16.2. The van der Waals surface area contributed by atoms with Crippen LogP contribution in [0.5, 0.6) is 0 Å². The minimum Gasteiger partial charge on any atom is -0.480 e. The molecule has 2 fully saturated rings. The number of carboxylic acid groups (broad SMARTS) is 1. The molecule has 0 aliphatic carbocycles. The molecule has 3 aromatic rings. The van der Waals surface area contributed by atoms with E-state index in [0.717, 1.165) is 18.8 Å². The van der Waals surface area contributed by atoms with Crippen molar-refractivity contribution in [2.45, 2.75) is 25.3 Å². The first-order chi connectivity index (χ1) is 23.2. The molecule has 2 atom stereocenters. The number of piperazine rings is 1. The number of benzene rings is 2. The molecule has 5 rings (SSSR count). The Morgan fingerprint density at radius 1 is 1.02 bits per heavy atom. The number of carboxylic acids is 1. The van der Waals surface area contributed by atoms with E-state index in [9.17, 15) is 19.5 Å². The highest BCUT2D eigenvalue weighted by Crippen LogP contribution is 2.28. The number of aliphatic carboxylic acids is 1. The highest BCUT2D eigenvalue weighted by molar-refractivity contribution is 5.89. The minimum atomic E-state index is -1.16. The van der Waals surface area contributed by atoms with E-state index in [1.165, 1.54) is 6.33 Å². The molecular formula is C34H43FN8O5. The summed E-state index contributed by atoms with van der Waals surface area (Å²) in [6.45, 7) is 4.22. The second-order valence-corrected chi connectivity index (χ2v) is 12.1. The number of carbonyl (C=O) groups excluding carboxylic acids is 2. The predicted octanol–water partition coefficient (Wildman–Crippen LogP) is 3.08. The summed E-state index contributed by atoms with van der Waals surface area (Å²) in [5.74, 6) is -2.44. The number of aromatic nitrogens is 2. The summed E-state index contributed by atoms with van der Waals surface area (Å²) >= 11 is 0. The van der Waals surface area contributed by atoms with Gasteiger partial charge in [-0.15, -0.1) is 0 Å². The van der Waals surface area contributed by atoms with Crippen LogP contribution in [0.2, 0.25) is 0 Å². The SMILES string of the molecule is COCCN(C)c1ncnc(N2CCCC(C(=O)N[C@@H](Cc3ccc(NC(=O)N4CCN(c5ccccc5)CC4)cc3)C(=O)O)C2)c1F. The van der Waals surface area contributed by atoms with E-state index in [1.54, 1.807) is 53.1 Å². The number of piperidine rings is 1. The van der Waals surface area contributed by atoms with Crippen LogP contribution >= 0.6 is 0 Å². The molecule has 3 amide bonds. The van der Waals surface area contributed by atoms with Gasteiger partial charge >= 0.3 is 12.0 Å². The van der Waals surface area contributed by atoms with Gasteiger partial charge in [-0.3, -0.25) is 4.79 Å². The van der Waals surface area contributed by atoms with Gasteiger partial charge in [0.2, 0.25) is 11.7 Å². The molecule has 14 heteroatoms. The second-order valence-electron chi connectivity index (χ2n) is 12.1. The van der Waals surface area contributed by atoms with Crippen molar-refractivity contribution in [3.63, 3.8) is 0 Å². The minimum absolute atomic E-state index is 0.0604. The predicted molar refractivity (Wildman–Crippen MR) is 181 cm³/mol. The van der Waals surface area contributed by atoms with Crippen LogP contribution in [0.4, 0.5) is 32.2 Å². The zero-order valence-electron chi connectivity index (χ0n) is 27.3. The third kappa shape index (κ3) is 8.68. The van der Waals surface area contributed by atoms with E-state index in [2.05, 4.69) is 37.6 Å². The first-order valence-electron chi connectivity index (χ1n) is 16.2. The molecule has 0 radical (unpaired) electrons. The Bertz CT molecular complexity index is 1540. The number of carbonyl (C=O) groups is 3. The standard InChI is InChI=1S/C34H43FN8O5/c1-40(19-20-48-2)30-29(35)31(37-23-36-30)43-14-6-7-25(22-43)32(44)39-28(33(45)46)21-24-10-12-26(13-11-24)38-34(47)42-17-15-41(16-18-42)27-8-4-3-5-9-27/h3-5,8-13,23,25,28H,6-7,14-22H2,1-2H3,(H,38,47)(H,39,44)(H,45,46)/t25?,28-/m0/s1. The van der Waals surface area contributed by atoms with Crippen LogP contribution in [0.3, 0.4) is 0 Å². The van der Waals surface area contributed by atoms with Gasteiger partial charge in [0, 0.05) is 77.8 Å². The molecule has 48 heavy (non-hydrogen) atoms. The average Bonchev–Trinajstić information content (AvgIpc) is 3.11. The Labute approximate surface area is 279 Å². The third-order valence-electron chi connectivity index (χ3n) is 8.78. The van der Waals surface area contributed by atoms with Crippen LogP contribution in [0, 0.1) is 11.7 Å². The van der Waals surface area contributed by atoms with Gasteiger partial charge in [0.05, 0.1) is 12.5 Å². The lowest BCUT2D eigenvalue weighted by atomic mass is 9.96. The summed E-state index contributed by atoms with van der Waals surface area (Å²) in [6, 6.07) is 15.7. The summed E-state index contributed by atoms with van der Waals surface area (Å²) in [4.78, 5) is 53.9. The van der Waals surface area contributed by atoms with Crippen molar-refractivity contribution < 1.29 is 28.6 Å². The molecule has 256 valence electrons. The Morgan fingerprint density at radius 3 is 2.44 bits per heavy atom. The van der Waals surface area contributed by atoms with Crippen molar-refractivity contribution in [1.29, 1.82) is 0 Å². The van der Waals surface area contributed by atoms with Gasteiger partial charge in [-0.2, -0.15) is 4.39 Å². The van der Waals surface area contributed by atoms with Crippen LogP contribution in [0.15, 0.2) is 60.9 Å². The number of methoxy groups -OCH3 is 1. The van der Waals surface area contributed by atoms with Gasteiger partial charge in [0.1, 0.15) is 12.4 Å². The van der Waals surface area contributed by atoms with E-state index in [4.69, 9.17) is 4.74 Å². The third-order valence-corrected chi connectivity index (χ3v) is 8.78. The van der Waals surface area contributed by atoms with Crippen LogP contribution in [-0.2, 0) is 20.7 Å². The van der Waals surface area contributed by atoms with Crippen LogP contribution in [0.25, 0.3) is 0 Å². The molecule has 2 saturated heterocycles. The maximum absolute atomic E-state index is 15.4. The second kappa shape index (κ2) is 16.2. The van der Waals surface area contributed by atoms with Gasteiger partial charge in [0.25, 0.3) is 0 Å². The number of para-hydroxylation sites is 1. The van der Waals surface area contributed by atoms with Crippen molar-refractivity contribution in [3.8, 4) is 0 Å². The van der Waals surface area contributed by atoms with Crippen molar-refractivity contribution in [3.05, 3.63) is 72.3 Å². The molecular weight excluding hydrogens is 619 g/mol. The number of likely N-dealkylation sites (N-methyl/N-ethyl adjacent to an activating group) is 1. The number of hydrogen-bond donors (Lipinski definition) is 3. The number of halogens is 1. The Hall–Kier alpha value is -4.98. The maximum Gasteiger partial charge on any atom is 0.326 e. The van der Waals surface area contributed by atoms with Gasteiger partial charge in [-0.25, -0.2) is 19.6 Å². The number of amides is 3. The zero-order chi connectivity index (χ0) is 34.0. The largest absolute Gasteiger partial charge is 0.480 e. The molecule has 3 heterocycles. The number of nitrogens with one attached hydrogen (secondary N) is 2. The molecule has 2 aliphatic rings. The number of nitrogens with zero attached hydrogens (tertiary/aromatic N) is 6. The van der Waals surface area contributed by atoms with Gasteiger partial charge in [-0.1, -0.05) is 30.3 Å². The summed E-state index contributed by atoms with van der Waals surface area (Å²) in [5, 5.41) is 15.5. The highest BCUT2D eigenvalue weighted by atomic mass is 19.1. The monoisotopic (exact) mass is 662 g/mol. The summed E-state index contributed by atoms with van der Waals surface area (Å²) in [5.41, 5.74) is 2.42. The van der Waals surface area contributed by atoms with E-state index in [-0.39, 0.29) is 30.6 Å². The van der Waals surface area contributed by atoms with Crippen LogP contribution < -0.4 is 25.3 Å². The molecule has 2 aromatic carbocycles. The molecule has 2 aliphatic heterocycles. The van der Waals surface area contributed by atoms with Crippen LogP contribution in [0.1, 0.15) is 18.4 Å². The lowest BCUT2D eigenvalue weighted by Gasteiger charge is -2.36. The van der Waals surface area contributed by atoms with Crippen LogP contribution in [-0.4, -0.2) is 111 Å². The Morgan fingerprint density at radius 2 is 1.75 bits per heavy atom. The van der Waals surface area contributed by atoms with Gasteiger partial charge in [-0.05, 0) is 42.7 Å². The van der Waals surface area contributed by atoms with Crippen molar-refractivity contribution in [2.75, 3.05) is 86.6 Å². The zero-order valence-corrected chi connectivity index (χ0v) is 27.3. The number of ether oxygens (including phenoxy) is 1. The number of urea groups is 1. The number of anilines is 4. The quantitative estimate of drug-likeness (QED) is 0.265. The number of rotatable bonds is 12. The fourth-order valence-electron chi connectivity index (χ4n) is 6.01. The van der Waals surface area contributed by atoms with Gasteiger partial charge in [0.15, 0.2) is 11.6 Å². The maximum atomic E-state index is 15.4. The fourth-order valence-corrected chi connectivity index (χ4v) is 6.01. The molecule has 0 saturated carbocycles. The van der Waals surface area contributed by atoms with E-state index in [0.29, 0.717) is 56.9 Å². The molecule has 1 aromatic heterocycles. The molecule has 0 bridgehead atoms. The molecule has 3 N–H and O–H groups in total. The Kier molecular flexibility index (Phi) is 11.6. The summed E-state index contributed by atoms with van der Waals surface area (Å²) < 4.78 is 20.5. The topological polar surface area (TPSA) is 143 Å². The highest BCUT2D eigenvalue weighted by Gasteiger charge is 2.32. The average molecular weight is 663 g/mol. The van der Waals surface area contributed by atoms with Crippen molar-refractivity contribution in [2.24, 2.45) is 5.92 Å². The number of hydrogen-bond acceptors (Lipinski definition) is 9. The smallest absolute Gasteiger partial charge is 0.326 e. The molecule has 0 spiro atoms. The Balaban J connectivity index is 1.13. The summed E-state index contributed by atoms with van der Waals surface area (Å²) in [6.07, 6.45) is 2.51. The lowest BCUT2D eigenvalue weighted by Crippen LogP contribution is -2.50.